The van der Waals surface area contributed by atoms with Crippen LogP contribution in [0.15, 0.2) is 27.8 Å². The van der Waals surface area contributed by atoms with E-state index in [1.165, 1.54) is 32.1 Å². The van der Waals surface area contributed by atoms with Gasteiger partial charge >= 0.3 is 0 Å². The normalized spacial score (nSPS) is 15.8. The summed E-state index contributed by atoms with van der Waals surface area (Å²) in [4.78, 5) is 0. The number of hydrogen-bond donors (Lipinski definition) is 2. The molecular weight excluding hydrogens is 374 g/mol. The van der Waals surface area contributed by atoms with Gasteiger partial charge in [0.25, 0.3) is 0 Å². The van der Waals surface area contributed by atoms with E-state index in [1.54, 1.807) is 6.21 Å². The predicted octanol–water partition coefficient (Wildman–Crippen LogP) is 4.37. The quantitative estimate of drug-likeness (QED) is 0.439. The first-order valence-corrected chi connectivity index (χ1v) is 9.30. The summed E-state index contributed by atoms with van der Waals surface area (Å²) in [6.07, 6.45) is 8.17. The van der Waals surface area contributed by atoms with E-state index >= 15 is 0 Å². The van der Waals surface area contributed by atoms with Crippen LogP contribution >= 0.6 is 28.1 Å². The summed E-state index contributed by atoms with van der Waals surface area (Å²) in [5, 5.41) is 8.11. The lowest BCUT2D eigenvalue weighted by atomic mass is 9.96. The third kappa shape index (κ3) is 6.47. The van der Waals surface area contributed by atoms with E-state index in [2.05, 4.69) is 31.8 Å². The van der Waals surface area contributed by atoms with E-state index in [0.29, 0.717) is 11.2 Å². The third-order valence-electron chi connectivity index (χ3n) is 3.64. The molecule has 0 heterocycles. The van der Waals surface area contributed by atoms with Crippen molar-refractivity contribution in [1.82, 2.24) is 10.7 Å². The molecule has 2 rings (SSSR count). The number of halogens is 1. The van der Waals surface area contributed by atoms with Crippen LogP contribution in [0.4, 0.5) is 0 Å². The van der Waals surface area contributed by atoms with Gasteiger partial charge in [0, 0.05) is 6.04 Å². The molecule has 6 heteroatoms. The van der Waals surface area contributed by atoms with Crippen LogP contribution in [0.1, 0.15) is 51.5 Å². The van der Waals surface area contributed by atoms with Crippen LogP contribution in [0, 0.1) is 0 Å². The standard InChI is InChI=1S/C17H24BrN3OS/c1-12(2)22-16-9-8-13(10-15(16)18)11-19-21-17(23)20-14-6-4-3-5-7-14/h8-12,14H,3-7H2,1-2H3,(H2,20,21,23)/b19-11-. The second-order valence-electron chi connectivity index (χ2n) is 6.03. The van der Waals surface area contributed by atoms with Gasteiger partial charge in [0.05, 0.1) is 16.8 Å². The lowest BCUT2D eigenvalue weighted by molar-refractivity contribution is 0.241. The fraction of sp³-hybridized carbons (Fsp3) is 0.529. The smallest absolute Gasteiger partial charge is 0.187 e. The van der Waals surface area contributed by atoms with Gasteiger partial charge in [-0.3, -0.25) is 5.43 Å². The zero-order valence-corrected chi connectivity index (χ0v) is 16.0. The van der Waals surface area contributed by atoms with Crippen LogP contribution in [0.3, 0.4) is 0 Å². The summed E-state index contributed by atoms with van der Waals surface area (Å²) in [7, 11) is 0. The minimum Gasteiger partial charge on any atom is -0.490 e. The Hall–Kier alpha value is -1.14. The zero-order valence-electron chi connectivity index (χ0n) is 13.6. The van der Waals surface area contributed by atoms with Gasteiger partial charge in [-0.1, -0.05) is 19.3 Å². The first-order valence-electron chi connectivity index (χ1n) is 8.10. The highest BCUT2D eigenvalue weighted by Gasteiger charge is 2.13. The van der Waals surface area contributed by atoms with Crippen molar-refractivity contribution in [3.63, 3.8) is 0 Å². The molecule has 1 aromatic carbocycles. The number of ether oxygens (including phenoxy) is 1. The summed E-state index contributed by atoms with van der Waals surface area (Å²) in [6, 6.07) is 6.36. The van der Waals surface area contributed by atoms with Gasteiger partial charge in [-0.25, -0.2) is 0 Å². The number of thiocarbonyl (C=S) groups is 1. The number of benzene rings is 1. The average molecular weight is 398 g/mol. The van der Waals surface area contributed by atoms with Crippen molar-refractivity contribution in [2.24, 2.45) is 5.10 Å². The number of rotatable bonds is 5. The van der Waals surface area contributed by atoms with Crippen LogP contribution in [0.5, 0.6) is 5.75 Å². The SMILES string of the molecule is CC(C)Oc1ccc(/C=N\NC(=S)NC2CCCCC2)cc1Br. The minimum atomic E-state index is 0.149. The molecule has 1 aliphatic carbocycles. The number of nitrogens with one attached hydrogen (secondary N) is 2. The van der Waals surface area contributed by atoms with Crippen molar-refractivity contribution < 1.29 is 4.74 Å². The topological polar surface area (TPSA) is 45.6 Å². The Kier molecular flexibility index (Phi) is 7.30. The van der Waals surface area contributed by atoms with Crippen molar-refractivity contribution in [2.75, 3.05) is 0 Å². The maximum atomic E-state index is 5.69. The molecule has 0 amide bonds. The Morgan fingerprint density at radius 3 is 2.74 bits per heavy atom. The molecule has 0 saturated heterocycles. The lowest BCUT2D eigenvalue weighted by Gasteiger charge is -2.23. The first-order chi connectivity index (χ1) is 11.0. The summed E-state index contributed by atoms with van der Waals surface area (Å²) < 4.78 is 6.60. The molecule has 1 fully saturated rings. The summed E-state index contributed by atoms with van der Waals surface area (Å²) >= 11 is 8.80. The second-order valence-corrected chi connectivity index (χ2v) is 7.30. The molecule has 0 aliphatic heterocycles. The highest BCUT2D eigenvalue weighted by molar-refractivity contribution is 9.10. The van der Waals surface area contributed by atoms with Crippen LogP contribution < -0.4 is 15.5 Å². The molecule has 23 heavy (non-hydrogen) atoms. The average Bonchev–Trinajstić information content (AvgIpc) is 2.50. The Bertz CT molecular complexity index is 557. The van der Waals surface area contributed by atoms with Crippen LogP contribution in [-0.4, -0.2) is 23.5 Å². The van der Waals surface area contributed by atoms with Gasteiger partial charge in [-0.05, 0) is 78.6 Å². The van der Waals surface area contributed by atoms with Crippen LogP contribution in [-0.2, 0) is 0 Å². The molecule has 1 aliphatic rings. The Morgan fingerprint density at radius 1 is 1.35 bits per heavy atom. The molecule has 4 nitrogen and oxygen atoms in total. The Balaban J connectivity index is 1.82. The van der Waals surface area contributed by atoms with Crippen molar-refractivity contribution in [3.05, 3.63) is 28.2 Å². The van der Waals surface area contributed by atoms with Gasteiger partial charge in [0.2, 0.25) is 0 Å². The van der Waals surface area contributed by atoms with E-state index in [0.717, 1.165) is 15.8 Å². The molecule has 0 bridgehead atoms. The van der Waals surface area contributed by atoms with E-state index in [4.69, 9.17) is 17.0 Å². The fourth-order valence-corrected chi connectivity index (χ4v) is 3.29. The first kappa shape index (κ1) is 18.2. The molecular formula is C17H24BrN3OS. The van der Waals surface area contributed by atoms with E-state index in [9.17, 15) is 0 Å². The summed E-state index contributed by atoms with van der Waals surface area (Å²) in [6.45, 7) is 4.01. The lowest BCUT2D eigenvalue weighted by Crippen LogP contribution is -2.40. The van der Waals surface area contributed by atoms with E-state index in [1.807, 2.05) is 32.0 Å². The fourth-order valence-electron chi connectivity index (χ4n) is 2.58. The molecule has 0 atom stereocenters. The highest BCUT2D eigenvalue weighted by Crippen LogP contribution is 2.26. The molecule has 1 saturated carbocycles. The van der Waals surface area contributed by atoms with Gasteiger partial charge in [-0.2, -0.15) is 5.10 Å². The maximum absolute atomic E-state index is 5.69. The highest BCUT2D eigenvalue weighted by atomic mass is 79.9. The number of hydrazone groups is 1. The molecule has 0 radical (unpaired) electrons. The van der Waals surface area contributed by atoms with Crippen molar-refractivity contribution in [1.29, 1.82) is 0 Å². The van der Waals surface area contributed by atoms with E-state index in [-0.39, 0.29) is 6.10 Å². The molecule has 0 spiro atoms. The molecule has 0 unspecified atom stereocenters. The minimum absolute atomic E-state index is 0.149. The molecule has 1 aromatic rings. The van der Waals surface area contributed by atoms with Crippen molar-refractivity contribution in [2.45, 2.75) is 58.1 Å². The van der Waals surface area contributed by atoms with Crippen molar-refractivity contribution >= 4 is 39.5 Å². The number of nitrogens with zero attached hydrogens (tertiary/aromatic N) is 1. The van der Waals surface area contributed by atoms with Crippen molar-refractivity contribution in [3.8, 4) is 5.75 Å². The Labute approximate surface area is 152 Å². The van der Waals surface area contributed by atoms with Gasteiger partial charge in [-0.15, -0.1) is 0 Å². The van der Waals surface area contributed by atoms with Crippen LogP contribution in [0.25, 0.3) is 0 Å². The summed E-state index contributed by atoms with van der Waals surface area (Å²) in [5.41, 5.74) is 3.86. The second kappa shape index (κ2) is 9.23. The summed E-state index contributed by atoms with van der Waals surface area (Å²) in [5.74, 6) is 0.833. The molecule has 0 aromatic heterocycles. The van der Waals surface area contributed by atoms with Gasteiger partial charge < -0.3 is 10.1 Å². The van der Waals surface area contributed by atoms with Crippen LogP contribution in [0.2, 0.25) is 0 Å². The Morgan fingerprint density at radius 2 is 2.09 bits per heavy atom. The van der Waals surface area contributed by atoms with E-state index < -0.39 is 0 Å². The predicted molar refractivity (Wildman–Crippen MR) is 103 cm³/mol. The molecule has 2 N–H and O–H groups in total. The number of hydrogen-bond acceptors (Lipinski definition) is 3. The third-order valence-corrected chi connectivity index (χ3v) is 4.47. The monoisotopic (exact) mass is 397 g/mol. The van der Waals surface area contributed by atoms with Gasteiger partial charge in [0.1, 0.15) is 5.75 Å². The zero-order chi connectivity index (χ0) is 16.7. The van der Waals surface area contributed by atoms with Gasteiger partial charge in [0.15, 0.2) is 5.11 Å². The largest absolute Gasteiger partial charge is 0.490 e. The maximum Gasteiger partial charge on any atom is 0.187 e. The molecule has 126 valence electrons.